The van der Waals surface area contributed by atoms with Crippen molar-refractivity contribution in [1.82, 2.24) is 9.62 Å². The lowest BCUT2D eigenvalue weighted by atomic mass is 9.87. The maximum Gasteiger partial charge on any atom is 0.253 e. The highest BCUT2D eigenvalue weighted by atomic mass is 32.2. The quantitative estimate of drug-likeness (QED) is 0.759. The maximum absolute atomic E-state index is 12.6. The van der Waals surface area contributed by atoms with Crippen molar-refractivity contribution in [3.8, 4) is 0 Å². The summed E-state index contributed by atoms with van der Waals surface area (Å²) in [6, 6.07) is 5.90. The molecule has 0 bridgehead atoms. The number of carbonyl (C=O) groups is 1. The van der Waals surface area contributed by atoms with Crippen molar-refractivity contribution >= 4 is 15.9 Å². The summed E-state index contributed by atoms with van der Waals surface area (Å²) < 4.78 is 27.2. The van der Waals surface area contributed by atoms with E-state index < -0.39 is 15.6 Å². The Morgan fingerprint density at radius 3 is 2.31 bits per heavy atom. The van der Waals surface area contributed by atoms with Gasteiger partial charge in [0.15, 0.2) is 0 Å². The molecule has 0 saturated carbocycles. The Bertz CT molecular complexity index is 708. The Kier molecular flexibility index (Phi) is 6.82. The number of benzene rings is 1. The van der Waals surface area contributed by atoms with E-state index in [2.05, 4.69) is 4.72 Å². The number of likely N-dealkylation sites (tertiary alicyclic amines) is 1. The first-order valence-electron chi connectivity index (χ1n) is 9.35. The normalized spacial score (nSPS) is 18.5. The summed E-state index contributed by atoms with van der Waals surface area (Å²) in [6.45, 7) is 6.80. The monoisotopic (exact) mass is 382 g/mol. The molecule has 1 aliphatic rings. The van der Waals surface area contributed by atoms with Gasteiger partial charge in [-0.15, -0.1) is 0 Å². The summed E-state index contributed by atoms with van der Waals surface area (Å²) in [4.78, 5) is 14.5. The minimum Gasteiger partial charge on any atom is -0.390 e. The molecule has 2 rings (SSSR count). The number of amides is 1. The molecular formula is C19H30N2O4S. The van der Waals surface area contributed by atoms with Crippen molar-refractivity contribution in [3.63, 3.8) is 0 Å². The second-order valence-electron chi connectivity index (χ2n) is 7.22. The van der Waals surface area contributed by atoms with Crippen molar-refractivity contribution in [2.75, 3.05) is 13.1 Å². The van der Waals surface area contributed by atoms with Gasteiger partial charge in [-0.25, -0.2) is 13.1 Å². The number of sulfonamides is 1. The Labute approximate surface area is 156 Å². The maximum atomic E-state index is 12.6. The van der Waals surface area contributed by atoms with E-state index in [0.717, 1.165) is 12.8 Å². The van der Waals surface area contributed by atoms with Crippen LogP contribution in [0.5, 0.6) is 0 Å². The molecule has 0 spiro atoms. The first kappa shape index (κ1) is 20.9. The number of hydrogen-bond donors (Lipinski definition) is 2. The van der Waals surface area contributed by atoms with E-state index in [0.29, 0.717) is 37.9 Å². The fourth-order valence-electron chi connectivity index (χ4n) is 3.22. The molecule has 1 aliphatic heterocycles. The van der Waals surface area contributed by atoms with Crippen molar-refractivity contribution in [1.29, 1.82) is 0 Å². The number of rotatable bonds is 7. The largest absolute Gasteiger partial charge is 0.390 e. The highest BCUT2D eigenvalue weighted by molar-refractivity contribution is 7.89. The standard InChI is InChI=1S/C19H30N2O4S/c1-4-10-19(23)11-13-21(14-12-19)18(22)16-6-8-17(9-7-16)26(24,25)20-15(3)5-2/h6-9,15,20,23H,4-5,10-14H2,1-3H3. The molecule has 6 nitrogen and oxygen atoms in total. The number of piperidine rings is 1. The first-order chi connectivity index (χ1) is 12.2. The minimum atomic E-state index is -3.57. The molecule has 1 atom stereocenters. The van der Waals surface area contributed by atoms with Crippen LogP contribution in [0.25, 0.3) is 0 Å². The van der Waals surface area contributed by atoms with Gasteiger partial charge < -0.3 is 10.0 Å². The SMILES string of the molecule is CCCC1(O)CCN(C(=O)c2ccc(S(=O)(=O)NC(C)CC)cc2)CC1. The van der Waals surface area contributed by atoms with Crippen LogP contribution in [0.4, 0.5) is 0 Å². The van der Waals surface area contributed by atoms with Gasteiger partial charge in [-0.05, 0) is 56.9 Å². The zero-order valence-corrected chi connectivity index (χ0v) is 16.7. The number of nitrogens with one attached hydrogen (secondary N) is 1. The molecule has 0 aromatic heterocycles. The molecule has 1 amide bonds. The van der Waals surface area contributed by atoms with Gasteiger partial charge in [0.25, 0.3) is 5.91 Å². The third kappa shape index (κ3) is 5.05. The second kappa shape index (κ2) is 8.50. The van der Waals surface area contributed by atoms with Crippen LogP contribution < -0.4 is 4.72 Å². The summed E-state index contributed by atoms with van der Waals surface area (Å²) in [5.41, 5.74) is -0.195. The van der Waals surface area contributed by atoms with Crippen LogP contribution >= 0.6 is 0 Å². The molecule has 2 N–H and O–H groups in total. The summed E-state index contributed by atoms with van der Waals surface area (Å²) in [7, 11) is -3.57. The predicted molar refractivity (Wildman–Crippen MR) is 102 cm³/mol. The van der Waals surface area contributed by atoms with Gasteiger partial charge in [0.1, 0.15) is 0 Å². The van der Waals surface area contributed by atoms with E-state index in [-0.39, 0.29) is 16.8 Å². The second-order valence-corrected chi connectivity index (χ2v) is 8.94. The van der Waals surface area contributed by atoms with E-state index in [1.807, 2.05) is 20.8 Å². The third-order valence-electron chi connectivity index (χ3n) is 5.08. The van der Waals surface area contributed by atoms with Crippen LogP contribution in [0.15, 0.2) is 29.2 Å². The van der Waals surface area contributed by atoms with Crippen molar-refractivity contribution in [2.45, 2.75) is 69.4 Å². The Hall–Kier alpha value is -1.44. The zero-order valence-electron chi connectivity index (χ0n) is 15.9. The van der Waals surface area contributed by atoms with E-state index >= 15 is 0 Å². The topological polar surface area (TPSA) is 86.7 Å². The van der Waals surface area contributed by atoms with Crippen LogP contribution in [-0.2, 0) is 10.0 Å². The molecule has 146 valence electrons. The number of nitrogens with zero attached hydrogens (tertiary/aromatic N) is 1. The summed E-state index contributed by atoms with van der Waals surface area (Å²) in [5, 5.41) is 10.4. The van der Waals surface area contributed by atoms with Crippen LogP contribution in [0, 0.1) is 0 Å². The number of hydrogen-bond acceptors (Lipinski definition) is 4. The van der Waals surface area contributed by atoms with Crippen LogP contribution in [0.1, 0.15) is 63.2 Å². The lowest BCUT2D eigenvalue weighted by Gasteiger charge is -2.38. The molecule has 1 aromatic carbocycles. The fraction of sp³-hybridized carbons (Fsp3) is 0.632. The first-order valence-corrected chi connectivity index (χ1v) is 10.8. The molecule has 7 heteroatoms. The Morgan fingerprint density at radius 1 is 1.23 bits per heavy atom. The average Bonchev–Trinajstić information content (AvgIpc) is 2.61. The van der Waals surface area contributed by atoms with Crippen LogP contribution in [-0.4, -0.2) is 49.1 Å². The lowest BCUT2D eigenvalue weighted by Crippen LogP contribution is -2.46. The van der Waals surface area contributed by atoms with Gasteiger partial charge in [0.2, 0.25) is 10.0 Å². The molecule has 1 heterocycles. The smallest absolute Gasteiger partial charge is 0.253 e. The van der Waals surface area contributed by atoms with E-state index in [1.165, 1.54) is 12.1 Å². The predicted octanol–water partition coefficient (Wildman–Crippen LogP) is 2.53. The number of aliphatic hydroxyl groups is 1. The number of carbonyl (C=O) groups excluding carboxylic acids is 1. The molecule has 1 aromatic rings. The van der Waals surface area contributed by atoms with E-state index in [1.54, 1.807) is 17.0 Å². The van der Waals surface area contributed by atoms with Crippen molar-refractivity contribution in [3.05, 3.63) is 29.8 Å². The fourth-order valence-corrected chi connectivity index (χ4v) is 4.54. The Balaban J connectivity index is 2.03. The molecule has 1 saturated heterocycles. The average molecular weight is 383 g/mol. The molecule has 26 heavy (non-hydrogen) atoms. The zero-order chi connectivity index (χ0) is 19.4. The third-order valence-corrected chi connectivity index (χ3v) is 6.68. The Morgan fingerprint density at radius 2 is 1.81 bits per heavy atom. The van der Waals surface area contributed by atoms with Gasteiger partial charge >= 0.3 is 0 Å². The van der Waals surface area contributed by atoms with Crippen molar-refractivity contribution < 1.29 is 18.3 Å². The molecular weight excluding hydrogens is 352 g/mol. The van der Waals surface area contributed by atoms with E-state index in [4.69, 9.17) is 0 Å². The molecule has 0 aliphatic carbocycles. The van der Waals surface area contributed by atoms with Gasteiger partial charge in [-0.2, -0.15) is 0 Å². The summed E-state index contributed by atoms with van der Waals surface area (Å²) >= 11 is 0. The summed E-state index contributed by atoms with van der Waals surface area (Å²) in [6.07, 6.45) is 3.54. The van der Waals surface area contributed by atoms with Crippen LogP contribution in [0.2, 0.25) is 0 Å². The lowest BCUT2D eigenvalue weighted by molar-refractivity contribution is -0.0233. The molecule has 0 radical (unpaired) electrons. The summed E-state index contributed by atoms with van der Waals surface area (Å²) in [5.74, 6) is -0.123. The minimum absolute atomic E-state index is 0.123. The van der Waals surface area contributed by atoms with Crippen molar-refractivity contribution in [2.24, 2.45) is 0 Å². The van der Waals surface area contributed by atoms with Gasteiger partial charge in [-0.1, -0.05) is 20.3 Å². The molecule has 1 unspecified atom stereocenters. The van der Waals surface area contributed by atoms with Gasteiger partial charge in [0.05, 0.1) is 10.5 Å². The van der Waals surface area contributed by atoms with Gasteiger partial charge in [-0.3, -0.25) is 4.79 Å². The van der Waals surface area contributed by atoms with Crippen LogP contribution in [0.3, 0.4) is 0 Å². The van der Waals surface area contributed by atoms with Gasteiger partial charge in [0, 0.05) is 24.7 Å². The van der Waals surface area contributed by atoms with E-state index in [9.17, 15) is 18.3 Å². The highest BCUT2D eigenvalue weighted by Gasteiger charge is 2.33. The molecule has 1 fully saturated rings. The highest BCUT2D eigenvalue weighted by Crippen LogP contribution is 2.27.